The zero-order valence-corrected chi connectivity index (χ0v) is 14.3. The van der Waals surface area contributed by atoms with Gasteiger partial charge < -0.3 is 14.7 Å². The molecule has 1 amide bonds. The zero-order chi connectivity index (χ0) is 16.5. The number of carbonyl (C=O) groups excluding carboxylic acids is 1. The van der Waals surface area contributed by atoms with Crippen LogP contribution < -0.4 is 0 Å². The maximum Gasteiger partial charge on any atom is 0.410 e. The first-order valence-corrected chi connectivity index (χ1v) is 7.80. The first kappa shape index (κ1) is 16.7. The molecular formula is C15H19BrN2O4. The van der Waals surface area contributed by atoms with Crippen molar-refractivity contribution in [3.05, 3.63) is 28.5 Å². The minimum Gasteiger partial charge on any atom is -0.481 e. The van der Waals surface area contributed by atoms with Crippen LogP contribution in [0.15, 0.2) is 22.8 Å². The number of nitrogens with zero attached hydrogens (tertiary/aromatic N) is 2. The molecule has 0 radical (unpaired) electrons. The van der Waals surface area contributed by atoms with Gasteiger partial charge in [-0.1, -0.05) is 6.07 Å². The quantitative estimate of drug-likeness (QED) is 0.809. The van der Waals surface area contributed by atoms with Crippen molar-refractivity contribution in [2.45, 2.75) is 32.3 Å². The Morgan fingerprint density at radius 3 is 2.59 bits per heavy atom. The third-order valence-electron chi connectivity index (χ3n) is 3.41. The molecule has 0 aliphatic carbocycles. The van der Waals surface area contributed by atoms with E-state index in [1.807, 2.05) is 6.07 Å². The van der Waals surface area contributed by atoms with Crippen LogP contribution in [0.5, 0.6) is 0 Å². The first-order chi connectivity index (χ1) is 10.2. The highest BCUT2D eigenvalue weighted by Crippen LogP contribution is 2.33. The van der Waals surface area contributed by atoms with Crippen molar-refractivity contribution in [1.82, 2.24) is 9.88 Å². The Labute approximate surface area is 137 Å². The van der Waals surface area contributed by atoms with E-state index in [2.05, 4.69) is 20.9 Å². The lowest BCUT2D eigenvalue weighted by atomic mass is 9.93. The molecule has 6 nitrogen and oxygen atoms in total. The van der Waals surface area contributed by atoms with Gasteiger partial charge in [0.15, 0.2) is 0 Å². The van der Waals surface area contributed by atoms with Gasteiger partial charge >= 0.3 is 12.1 Å². The van der Waals surface area contributed by atoms with Crippen LogP contribution in [0.1, 0.15) is 32.4 Å². The van der Waals surface area contributed by atoms with Crippen molar-refractivity contribution >= 4 is 28.0 Å². The highest BCUT2D eigenvalue weighted by atomic mass is 79.9. The van der Waals surface area contributed by atoms with Gasteiger partial charge in [0.05, 0.1) is 5.92 Å². The fraction of sp³-hybridized carbons (Fsp3) is 0.533. The number of halogens is 1. The van der Waals surface area contributed by atoms with E-state index in [9.17, 15) is 14.7 Å². The van der Waals surface area contributed by atoms with Crippen LogP contribution >= 0.6 is 15.9 Å². The SMILES string of the molecule is CC(C)(C)OC(=O)N1CC(C(=O)O)C(c2cccc(Br)n2)C1. The van der Waals surface area contributed by atoms with E-state index in [0.29, 0.717) is 10.3 Å². The molecule has 2 heterocycles. The van der Waals surface area contributed by atoms with Gasteiger partial charge in [-0.25, -0.2) is 9.78 Å². The normalized spacial score (nSPS) is 21.7. The Hall–Kier alpha value is -1.63. The smallest absolute Gasteiger partial charge is 0.410 e. The molecule has 1 fully saturated rings. The summed E-state index contributed by atoms with van der Waals surface area (Å²) in [5.74, 6) is -1.96. The summed E-state index contributed by atoms with van der Waals surface area (Å²) >= 11 is 3.29. The third kappa shape index (κ3) is 3.97. The second-order valence-corrected chi connectivity index (χ2v) is 7.13. The maximum atomic E-state index is 12.2. The number of likely N-dealkylation sites (tertiary alicyclic amines) is 1. The number of carboxylic acids is 1. The van der Waals surface area contributed by atoms with E-state index in [-0.39, 0.29) is 19.0 Å². The number of rotatable bonds is 2. The van der Waals surface area contributed by atoms with Crippen molar-refractivity contribution in [3.63, 3.8) is 0 Å². The monoisotopic (exact) mass is 370 g/mol. The number of ether oxygens (including phenoxy) is 1. The van der Waals surface area contributed by atoms with Crippen LogP contribution in [0.25, 0.3) is 0 Å². The van der Waals surface area contributed by atoms with Gasteiger partial charge in [0.25, 0.3) is 0 Å². The van der Waals surface area contributed by atoms with E-state index < -0.39 is 23.6 Å². The van der Waals surface area contributed by atoms with Crippen molar-refractivity contribution in [3.8, 4) is 0 Å². The fourth-order valence-electron chi connectivity index (χ4n) is 2.46. The van der Waals surface area contributed by atoms with E-state index >= 15 is 0 Å². The maximum absolute atomic E-state index is 12.2. The van der Waals surface area contributed by atoms with Crippen molar-refractivity contribution in [1.29, 1.82) is 0 Å². The van der Waals surface area contributed by atoms with Gasteiger partial charge in [-0.3, -0.25) is 4.79 Å². The highest BCUT2D eigenvalue weighted by Gasteiger charge is 2.42. The summed E-state index contributed by atoms with van der Waals surface area (Å²) in [6.07, 6.45) is -0.490. The van der Waals surface area contributed by atoms with E-state index in [0.717, 1.165) is 0 Å². The molecule has 1 N–H and O–H groups in total. The number of hydrogen-bond acceptors (Lipinski definition) is 4. The molecule has 2 atom stereocenters. The predicted octanol–water partition coefficient (Wildman–Crippen LogP) is 2.88. The number of aromatic nitrogens is 1. The van der Waals surface area contributed by atoms with Crippen LogP contribution in [-0.2, 0) is 9.53 Å². The largest absolute Gasteiger partial charge is 0.481 e. The Balaban J connectivity index is 2.20. The van der Waals surface area contributed by atoms with E-state index in [1.54, 1.807) is 32.9 Å². The van der Waals surface area contributed by atoms with E-state index in [1.165, 1.54) is 4.90 Å². The lowest BCUT2D eigenvalue weighted by molar-refractivity contribution is -0.141. The number of carboxylic acid groups (broad SMARTS) is 1. The molecular weight excluding hydrogens is 352 g/mol. The first-order valence-electron chi connectivity index (χ1n) is 7.00. The number of hydrogen-bond donors (Lipinski definition) is 1. The molecule has 1 aromatic heterocycles. The summed E-state index contributed by atoms with van der Waals surface area (Å²) in [7, 11) is 0. The van der Waals surface area contributed by atoms with Gasteiger partial charge in [-0.05, 0) is 48.8 Å². The van der Waals surface area contributed by atoms with Gasteiger partial charge in [-0.15, -0.1) is 0 Å². The number of carbonyl (C=O) groups is 2. The molecule has 22 heavy (non-hydrogen) atoms. The molecule has 1 aliphatic rings. The van der Waals surface area contributed by atoms with Crippen LogP contribution in [0, 0.1) is 5.92 Å². The number of pyridine rings is 1. The van der Waals surface area contributed by atoms with Crippen LogP contribution in [0.2, 0.25) is 0 Å². The van der Waals surface area contributed by atoms with Crippen LogP contribution in [0.4, 0.5) is 4.79 Å². The second kappa shape index (κ2) is 6.24. The number of aliphatic carboxylic acids is 1. The Bertz CT molecular complexity index is 585. The van der Waals surface area contributed by atoms with Crippen LogP contribution in [-0.4, -0.2) is 45.7 Å². The van der Waals surface area contributed by atoms with Crippen molar-refractivity contribution < 1.29 is 19.4 Å². The molecule has 120 valence electrons. The molecule has 0 saturated carbocycles. The Morgan fingerprint density at radius 1 is 1.36 bits per heavy atom. The molecule has 2 unspecified atom stereocenters. The van der Waals surface area contributed by atoms with Gasteiger partial charge in [0.2, 0.25) is 0 Å². The lowest BCUT2D eigenvalue weighted by Crippen LogP contribution is -2.35. The molecule has 1 aromatic rings. The average Bonchev–Trinajstić information content (AvgIpc) is 2.82. The fourth-order valence-corrected chi connectivity index (χ4v) is 2.82. The summed E-state index contributed by atoms with van der Waals surface area (Å²) < 4.78 is 5.97. The summed E-state index contributed by atoms with van der Waals surface area (Å²) in [6.45, 7) is 5.76. The minimum atomic E-state index is -0.933. The molecule has 0 spiro atoms. The summed E-state index contributed by atoms with van der Waals surface area (Å²) in [5.41, 5.74) is 0.0508. The molecule has 0 aromatic carbocycles. The standard InChI is InChI=1S/C15H19BrN2O4/c1-15(2,3)22-14(21)18-7-9(10(8-18)13(19)20)11-5-4-6-12(16)17-11/h4-6,9-10H,7-8H2,1-3H3,(H,19,20). The summed E-state index contributed by atoms with van der Waals surface area (Å²) in [4.78, 5) is 29.4. The number of amides is 1. The molecule has 2 rings (SSSR count). The summed E-state index contributed by atoms with van der Waals surface area (Å²) in [5, 5.41) is 9.43. The topological polar surface area (TPSA) is 79.7 Å². The van der Waals surface area contributed by atoms with Crippen molar-refractivity contribution in [2.75, 3.05) is 13.1 Å². The third-order valence-corrected chi connectivity index (χ3v) is 3.85. The van der Waals surface area contributed by atoms with Gasteiger partial charge in [0.1, 0.15) is 10.2 Å². The predicted molar refractivity (Wildman–Crippen MR) is 83.6 cm³/mol. The Kier molecular flexibility index (Phi) is 4.75. The zero-order valence-electron chi connectivity index (χ0n) is 12.7. The van der Waals surface area contributed by atoms with Gasteiger partial charge in [0, 0.05) is 24.7 Å². The summed E-state index contributed by atoms with van der Waals surface area (Å²) in [6, 6.07) is 5.37. The van der Waals surface area contributed by atoms with E-state index in [4.69, 9.17) is 4.74 Å². The highest BCUT2D eigenvalue weighted by molar-refractivity contribution is 9.10. The molecule has 0 bridgehead atoms. The average molecular weight is 371 g/mol. The minimum absolute atomic E-state index is 0.128. The molecule has 1 aliphatic heterocycles. The lowest BCUT2D eigenvalue weighted by Gasteiger charge is -2.24. The Morgan fingerprint density at radius 2 is 2.05 bits per heavy atom. The van der Waals surface area contributed by atoms with Gasteiger partial charge in [-0.2, -0.15) is 0 Å². The molecule has 1 saturated heterocycles. The van der Waals surface area contributed by atoms with Crippen molar-refractivity contribution in [2.24, 2.45) is 5.92 Å². The molecule has 7 heteroatoms. The van der Waals surface area contributed by atoms with Crippen LogP contribution in [0.3, 0.4) is 0 Å². The second-order valence-electron chi connectivity index (χ2n) is 6.32.